The average Bonchev–Trinajstić information content (AvgIpc) is 2.77. The first kappa shape index (κ1) is 22.2. The van der Waals surface area contributed by atoms with Gasteiger partial charge in [-0.1, -0.05) is 23.2 Å². The standard InChI is InChI=1S/C23H28Cl2N4O2/c24-20-2-1-19(14-21(20)25)31-18-6-11-29(12-7-18)23(30)17-4-9-28(10-5-17)15-16-3-8-27-22(26)13-16/h1-3,8,13-14,17-18H,4-7,9-12,15H2,(H2,26,27). The average molecular weight is 463 g/mol. The zero-order chi connectivity index (χ0) is 21.8. The van der Waals surface area contributed by atoms with E-state index in [0.717, 1.165) is 64.2 Å². The third kappa shape index (κ3) is 5.82. The minimum atomic E-state index is 0.0935. The predicted octanol–water partition coefficient (Wildman–Crippen LogP) is 4.25. The first-order chi connectivity index (χ1) is 15.0. The van der Waals surface area contributed by atoms with E-state index in [1.54, 1.807) is 18.3 Å². The number of benzene rings is 1. The lowest BCUT2D eigenvalue weighted by Gasteiger charge is -2.37. The SMILES string of the molecule is Nc1cc(CN2CCC(C(=O)N3CCC(Oc4ccc(Cl)c(Cl)c4)CC3)CC2)ccn1. The highest BCUT2D eigenvalue weighted by molar-refractivity contribution is 6.42. The quantitative estimate of drug-likeness (QED) is 0.718. The molecule has 31 heavy (non-hydrogen) atoms. The molecule has 3 heterocycles. The van der Waals surface area contributed by atoms with Crippen LogP contribution in [0.4, 0.5) is 5.82 Å². The Bertz CT molecular complexity index is 910. The molecule has 1 aromatic carbocycles. The second kappa shape index (κ2) is 10.1. The van der Waals surface area contributed by atoms with Crippen molar-refractivity contribution >= 4 is 34.9 Å². The summed E-state index contributed by atoms with van der Waals surface area (Å²) in [5.41, 5.74) is 6.94. The van der Waals surface area contributed by atoms with Crippen LogP contribution >= 0.6 is 23.2 Å². The van der Waals surface area contributed by atoms with Gasteiger partial charge in [-0.2, -0.15) is 0 Å². The van der Waals surface area contributed by atoms with Crippen molar-refractivity contribution in [2.45, 2.75) is 38.3 Å². The van der Waals surface area contributed by atoms with Crippen molar-refractivity contribution in [3.63, 3.8) is 0 Å². The number of piperidine rings is 2. The predicted molar refractivity (Wildman–Crippen MR) is 123 cm³/mol. The van der Waals surface area contributed by atoms with E-state index in [-0.39, 0.29) is 12.0 Å². The number of nitrogens with zero attached hydrogens (tertiary/aromatic N) is 3. The van der Waals surface area contributed by atoms with Gasteiger partial charge in [-0.15, -0.1) is 0 Å². The van der Waals surface area contributed by atoms with Crippen molar-refractivity contribution in [3.05, 3.63) is 52.1 Å². The third-order valence-electron chi connectivity index (χ3n) is 6.14. The van der Waals surface area contributed by atoms with Crippen LogP contribution in [-0.2, 0) is 11.3 Å². The van der Waals surface area contributed by atoms with Crippen molar-refractivity contribution in [1.29, 1.82) is 0 Å². The first-order valence-corrected chi connectivity index (χ1v) is 11.6. The second-order valence-electron chi connectivity index (χ2n) is 8.36. The van der Waals surface area contributed by atoms with Gasteiger partial charge in [0.05, 0.1) is 10.0 Å². The van der Waals surface area contributed by atoms with Crippen molar-refractivity contribution in [3.8, 4) is 5.75 Å². The van der Waals surface area contributed by atoms with Gasteiger partial charge in [0, 0.05) is 50.7 Å². The highest BCUT2D eigenvalue weighted by Gasteiger charge is 2.31. The lowest BCUT2D eigenvalue weighted by Crippen LogP contribution is -2.46. The number of ether oxygens (including phenoxy) is 1. The number of pyridine rings is 1. The van der Waals surface area contributed by atoms with E-state index in [0.29, 0.717) is 21.8 Å². The summed E-state index contributed by atoms with van der Waals surface area (Å²) < 4.78 is 6.04. The van der Waals surface area contributed by atoms with E-state index in [2.05, 4.69) is 9.88 Å². The summed E-state index contributed by atoms with van der Waals surface area (Å²) in [6.07, 6.45) is 5.30. The number of halogens is 2. The fourth-order valence-electron chi connectivity index (χ4n) is 4.38. The molecule has 1 aromatic heterocycles. The molecule has 0 spiro atoms. The van der Waals surface area contributed by atoms with Crippen LogP contribution in [0.15, 0.2) is 36.5 Å². The summed E-state index contributed by atoms with van der Waals surface area (Å²) in [6, 6.07) is 9.24. The molecule has 0 bridgehead atoms. The smallest absolute Gasteiger partial charge is 0.225 e. The van der Waals surface area contributed by atoms with E-state index in [1.165, 1.54) is 5.56 Å². The van der Waals surface area contributed by atoms with Gasteiger partial charge in [-0.3, -0.25) is 9.69 Å². The number of amides is 1. The van der Waals surface area contributed by atoms with Crippen LogP contribution in [0.25, 0.3) is 0 Å². The van der Waals surface area contributed by atoms with Crippen LogP contribution in [0, 0.1) is 5.92 Å². The summed E-state index contributed by atoms with van der Waals surface area (Å²) in [5.74, 6) is 1.68. The van der Waals surface area contributed by atoms with E-state index in [1.807, 2.05) is 23.1 Å². The van der Waals surface area contributed by atoms with Gasteiger partial charge in [0.15, 0.2) is 0 Å². The Kier molecular flexibility index (Phi) is 7.20. The summed E-state index contributed by atoms with van der Waals surface area (Å²) in [7, 11) is 0. The Morgan fingerprint density at radius 2 is 1.77 bits per heavy atom. The van der Waals surface area contributed by atoms with Crippen LogP contribution in [0.5, 0.6) is 5.75 Å². The largest absolute Gasteiger partial charge is 0.490 e. The Morgan fingerprint density at radius 3 is 2.45 bits per heavy atom. The van der Waals surface area contributed by atoms with E-state index in [4.69, 9.17) is 33.7 Å². The summed E-state index contributed by atoms with van der Waals surface area (Å²) in [4.78, 5) is 21.5. The summed E-state index contributed by atoms with van der Waals surface area (Å²) in [5, 5.41) is 1.01. The molecule has 0 radical (unpaired) electrons. The maximum absolute atomic E-state index is 13.0. The number of hydrogen-bond acceptors (Lipinski definition) is 5. The molecule has 2 aromatic rings. The van der Waals surface area contributed by atoms with Crippen molar-refractivity contribution in [1.82, 2.24) is 14.8 Å². The molecule has 166 valence electrons. The van der Waals surface area contributed by atoms with Gasteiger partial charge in [0.1, 0.15) is 17.7 Å². The van der Waals surface area contributed by atoms with Crippen LogP contribution < -0.4 is 10.5 Å². The first-order valence-electron chi connectivity index (χ1n) is 10.8. The minimum absolute atomic E-state index is 0.0935. The number of carbonyl (C=O) groups excluding carboxylic acids is 1. The monoisotopic (exact) mass is 462 g/mol. The molecule has 6 nitrogen and oxygen atoms in total. The molecule has 0 atom stereocenters. The molecule has 2 aliphatic heterocycles. The zero-order valence-corrected chi connectivity index (χ0v) is 19.0. The number of aromatic nitrogens is 1. The molecule has 1 amide bonds. The number of likely N-dealkylation sites (tertiary alicyclic amines) is 2. The third-order valence-corrected chi connectivity index (χ3v) is 6.87. The highest BCUT2D eigenvalue weighted by Crippen LogP contribution is 2.29. The number of carbonyl (C=O) groups is 1. The lowest BCUT2D eigenvalue weighted by molar-refractivity contribution is -0.139. The lowest BCUT2D eigenvalue weighted by atomic mass is 9.94. The van der Waals surface area contributed by atoms with Crippen molar-refractivity contribution in [2.75, 3.05) is 31.9 Å². The molecule has 2 fully saturated rings. The van der Waals surface area contributed by atoms with E-state index >= 15 is 0 Å². The molecule has 0 aliphatic carbocycles. The Hall–Kier alpha value is -2.02. The van der Waals surface area contributed by atoms with Gasteiger partial charge in [-0.25, -0.2) is 4.98 Å². The van der Waals surface area contributed by atoms with Gasteiger partial charge >= 0.3 is 0 Å². The Morgan fingerprint density at radius 1 is 1.03 bits per heavy atom. The maximum atomic E-state index is 13.0. The molecule has 2 saturated heterocycles. The molecule has 2 N–H and O–H groups in total. The van der Waals surface area contributed by atoms with Crippen LogP contribution in [0.3, 0.4) is 0 Å². The summed E-state index contributed by atoms with van der Waals surface area (Å²) >= 11 is 12.0. The van der Waals surface area contributed by atoms with Gasteiger partial charge in [0.2, 0.25) is 5.91 Å². The Labute approximate surface area is 193 Å². The minimum Gasteiger partial charge on any atom is -0.490 e. The number of rotatable bonds is 5. The van der Waals surface area contributed by atoms with Gasteiger partial charge in [0.25, 0.3) is 0 Å². The van der Waals surface area contributed by atoms with E-state index in [9.17, 15) is 4.79 Å². The maximum Gasteiger partial charge on any atom is 0.225 e. The fraction of sp³-hybridized carbons (Fsp3) is 0.478. The van der Waals surface area contributed by atoms with Crippen LogP contribution in [-0.4, -0.2) is 53.0 Å². The number of nitrogens with two attached hydrogens (primary N) is 1. The van der Waals surface area contributed by atoms with Gasteiger partial charge in [-0.05, 0) is 55.8 Å². The van der Waals surface area contributed by atoms with Crippen molar-refractivity contribution in [2.24, 2.45) is 5.92 Å². The number of anilines is 1. The molecule has 2 aliphatic rings. The number of nitrogen functional groups attached to an aromatic ring is 1. The number of hydrogen-bond donors (Lipinski definition) is 1. The molecule has 0 saturated carbocycles. The normalized spacial score (nSPS) is 18.8. The molecule has 4 rings (SSSR count). The molecule has 0 unspecified atom stereocenters. The molecular weight excluding hydrogens is 435 g/mol. The van der Waals surface area contributed by atoms with Crippen molar-refractivity contribution < 1.29 is 9.53 Å². The zero-order valence-electron chi connectivity index (χ0n) is 17.5. The summed E-state index contributed by atoms with van der Waals surface area (Å²) in [6.45, 7) is 4.18. The van der Waals surface area contributed by atoms with Gasteiger partial charge < -0.3 is 15.4 Å². The van der Waals surface area contributed by atoms with Crippen LogP contribution in [0.1, 0.15) is 31.2 Å². The molecule has 8 heteroatoms. The highest BCUT2D eigenvalue weighted by atomic mass is 35.5. The Balaban J connectivity index is 1.21. The topological polar surface area (TPSA) is 71.7 Å². The second-order valence-corrected chi connectivity index (χ2v) is 9.17. The van der Waals surface area contributed by atoms with Crippen LogP contribution in [0.2, 0.25) is 10.0 Å². The van der Waals surface area contributed by atoms with E-state index < -0.39 is 0 Å². The fourth-order valence-corrected chi connectivity index (χ4v) is 4.67. The molecular formula is C23H28Cl2N4O2.